The first-order valence-electron chi connectivity index (χ1n) is 7.67. The molecule has 0 bridgehead atoms. The van der Waals surface area contributed by atoms with Crippen molar-refractivity contribution in [2.24, 2.45) is 0 Å². The van der Waals surface area contributed by atoms with Crippen molar-refractivity contribution >= 4 is 5.69 Å². The molecule has 1 N–H and O–H groups in total. The summed E-state index contributed by atoms with van der Waals surface area (Å²) >= 11 is 0. The third kappa shape index (κ3) is 3.82. The number of nitrogens with zero attached hydrogens (tertiary/aromatic N) is 2. The first-order valence-corrected chi connectivity index (χ1v) is 7.67. The molecule has 0 aromatic heterocycles. The molecule has 6 heteroatoms. The maximum absolute atomic E-state index is 10.7. The highest BCUT2D eigenvalue weighted by molar-refractivity contribution is 5.34. The van der Waals surface area contributed by atoms with Crippen LogP contribution in [-0.2, 0) is 4.74 Å². The van der Waals surface area contributed by atoms with Crippen molar-refractivity contribution in [3.8, 4) is 0 Å². The number of nitro benzene ring substituents is 1. The maximum Gasteiger partial charge on any atom is 0.269 e. The van der Waals surface area contributed by atoms with Crippen LogP contribution in [-0.4, -0.2) is 49.2 Å². The number of ether oxygens (including phenoxy) is 1. The number of non-ortho nitro benzene ring substituents is 1. The topological polar surface area (TPSA) is 67.6 Å². The van der Waals surface area contributed by atoms with Gasteiger partial charge in [0.1, 0.15) is 0 Å². The van der Waals surface area contributed by atoms with Crippen LogP contribution in [0.3, 0.4) is 0 Å². The molecule has 2 rings (SSSR count). The second-order valence-corrected chi connectivity index (χ2v) is 6.18. The summed E-state index contributed by atoms with van der Waals surface area (Å²) in [5.74, 6) is 0. The lowest BCUT2D eigenvalue weighted by molar-refractivity contribution is -0.384. The van der Waals surface area contributed by atoms with E-state index in [1.807, 2.05) is 12.1 Å². The molecule has 1 atom stereocenters. The van der Waals surface area contributed by atoms with E-state index in [4.69, 9.17) is 4.74 Å². The molecule has 0 spiro atoms. The summed E-state index contributed by atoms with van der Waals surface area (Å²) in [4.78, 5) is 12.6. The molecular weight excluding hydrogens is 282 g/mol. The van der Waals surface area contributed by atoms with Gasteiger partial charge in [-0.05, 0) is 39.4 Å². The Labute approximate surface area is 131 Å². The van der Waals surface area contributed by atoms with E-state index >= 15 is 0 Å². The van der Waals surface area contributed by atoms with Crippen LogP contribution in [0.5, 0.6) is 0 Å². The minimum Gasteiger partial charge on any atom is -0.381 e. The highest BCUT2D eigenvalue weighted by Gasteiger charge is 2.34. The fraction of sp³-hybridized carbons (Fsp3) is 0.625. The smallest absolute Gasteiger partial charge is 0.269 e. The van der Waals surface area contributed by atoms with Gasteiger partial charge in [0.15, 0.2) is 0 Å². The molecule has 122 valence electrons. The van der Waals surface area contributed by atoms with Crippen molar-refractivity contribution in [1.29, 1.82) is 0 Å². The van der Waals surface area contributed by atoms with E-state index in [2.05, 4.69) is 31.2 Å². The van der Waals surface area contributed by atoms with Crippen molar-refractivity contribution in [2.75, 3.05) is 33.9 Å². The Morgan fingerprint density at radius 3 is 2.41 bits per heavy atom. The van der Waals surface area contributed by atoms with Crippen LogP contribution in [0.4, 0.5) is 5.69 Å². The molecule has 6 nitrogen and oxygen atoms in total. The number of nitrogens with one attached hydrogen (secondary N) is 1. The summed E-state index contributed by atoms with van der Waals surface area (Å²) < 4.78 is 5.48. The Hall–Kier alpha value is -1.50. The molecule has 0 saturated carbocycles. The van der Waals surface area contributed by atoms with E-state index in [9.17, 15) is 10.1 Å². The van der Waals surface area contributed by atoms with Crippen LogP contribution in [0.1, 0.15) is 31.4 Å². The zero-order valence-corrected chi connectivity index (χ0v) is 13.5. The molecule has 22 heavy (non-hydrogen) atoms. The van der Waals surface area contributed by atoms with E-state index in [-0.39, 0.29) is 22.2 Å². The Morgan fingerprint density at radius 1 is 1.32 bits per heavy atom. The van der Waals surface area contributed by atoms with Gasteiger partial charge < -0.3 is 15.0 Å². The van der Waals surface area contributed by atoms with Gasteiger partial charge in [0.05, 0.1) is 4.92 Å². The summed E-state index contributed by atoms with van der Waals surface area (Å²) in [5.41, 5.74) is 1.31. The van der Waals surface area contributed by atoms with Crippen molar-refractivity contribution < 1.29 is 9.66 Å². The fourth-order valence-corrected chi connectivity index (χ4v) is 2.88. The van der Waals surface area contributed by atoms with Crippen molar-refractivity contribution in [3.05, 3.63) is 39.9 Å². The summed E-state index contributed by atoms with van der Waals surface area (Å²) in [6.45, 7) is 4.56. The fourth-order valence-electron chi connectivity index (χ4n) is 2.88. The standard InChI is InChI=1S/C16H25N3O3/c1-13(14-4-6-15(7-5-14)19(20)21)17-12-16(18(2)3)8-10-22-11-9-16/h4-7,13,17H,8-12H2,1-3H3/t13-/m1/s1. The largest absolute Gasteiger partial charge is 0.381 e. The van der Waals surface area contributed by atoms with E-state index in [0.29, 0.717) is 0 Å². The molecule has 1 aliphatic rings. The van der Waals surface area contributed by atoms with Gasteiger partial charge in [-0.3, -0.25) is 10.1 Å². The van der Waals surface area contributed by atoms with Gasteiger partial charge in [0.2, 0.25) is 0 Å². The third-order valence-electron chi connectivity index (χ3n) is 4.71. The van der Waals surface area contributed by atoms with E-state index in [1.165, 1.54) is 0 Å². The van der Waals surface area contributed by atoms with Gasteiger partial charge in [-0.1, -0.05) is 12.1 Å². The molecule has 1 fully saturated rings. The second-order valence-electron chi connectivity index (χ2n) is 6.18. The second kappa shape index (κ2) is 7.17. The molecule has 0 amide bonds. The number of hydrogen-bond donors (Lipinski definition) is 1. The third-order valence-corrected chi connectivity index (χ3v) is 4.71. The molecule has 1 saturated heterocycles. The van der Waals surface area contributed by atoms with Gasteiger partial charge in [0.25, 0.3) is 5.69 Å². The molecular formula is C16H25N3O3. The number of hydrogen-bond acceptors (Lipinski definition) is 5. The molecule has 1 aromatic carbocycles. The monoisotopic (exact) mass is 307 g/mol. The lowest BCUT2D eigenvalue weighted by Gasteiger charge is -2.43. The molecule has 1 aliphatic heterocycles. The average Bonchev–Trinajstić information content (AvgIpc) is 2.53. The van der Waals surface area contributed by atoms with Gasteiger partial charge in [-0.2, -0.15) is 0 Å². The van der Waals surface area contributed by atoms with Crippen molar-refractivity contribution in [2.45, 2.75) is 31.3 Å². The van der Waals surface area contributed by atoms with Crippen molar-refractivity contribution in [1.82, 2.24) is 10.2 Å². The first-order chi connectivity index (χ1) is 10.4. The van der Waals surface area contributed by atoms with E-state index in [0.717, 1.165) is 38.2 Å². The molecule has 0 radical (unpaired) electrons. The SMILES string of the molecule is C[C@@H](NCC1(N(C)C)CCOCC1)c1ccc([N+](=O)[O-])cc1. The quantitative estimate of drug-likeness (QED) is 0.645. The summed E-state index contributed by atoms with van der Waals surface area (Å²) in [5, 5.41) is 14.3. The van der Waals surface area contributed by atoms with Gasteiger partial charge in [-0.25, -0.2) is 0 Å². The predicted octanol–water partition coefficient (Wildman–Crippen LogP) is 2.36. The number of nitro groups is 1. The summed E-state index contributed by atoms with van der Waals surface area (Å²) in [6.07, 6.45) is 2.03. The van der Waals surface area contributed by atoms with Crippen LogP contribution < -0.4 is 5.32 Å². The van der Waals surface area contributed by atoms with Crippen LogP contribution in [0.25, 0.3) is 0 Å². The molecule has 1 heterocycles. The Bertz CT molecular complexity index is 496. The number of likely N-dealkylation sites (N-methyl/N-ethyl adjacent to an activating group) is 1. The predicted molar refractivity (Wildman–Crippen MR) is 86.0 cm³/mol. The van der Waals surface area contributed by atoms with Crippen LogP contribution in [0.2, 0.25) is 0 Å². The lowest BCUT2D eigenvalue weighted by atomic mass is 9.88. The maximum atomic E-state index is 10.7. The Morgan fingerprint density at radius 2 is 1.91 bits per heavy atom. The Balaban J connectivity index is 1.98. The Kier molecular flexibility index (Phi) is 5.50. The average molecular weight is 307 g/mol. The zero-order chi connectivity index (χ0) is 16.2. The van der Waals surface area contributed by atoms with Crippen LogP contribution in [0.15, 0.2) is 24.3 Å². The van der Waals surface area contributed by atoms with Gasteiger partial charge in [0, 0.05) is 43.5 Å². The molecule has 0 unspecified atom stereocenters. The molecule has 1 aromatic rings. The van der Waals surface area contributed by atoms with E-state index in [1.54, 1.807) is 12.1 Å². The van der Waals surface area contributed by atoms with Crippen LogP contribution in [0, 0.1) is 10.1 Å². The normalized spacial score (nSPS) is 19.1. The number of rotatable bonds is 6. The minimum absolute atomic E-state index is 0.118. The lowest BCUT2D eigenvalue weighted by Crippen LogP contribution is -2.55. The van der Waals surface area contributed by atoms with Crippen LogP contribution >= 0.6 is 0 Å². The van der Waals surface area contributed by atoms with E-state index < -0.39 is 0 Å². The zero-order valence-electron chi connectivity index (χ0n) is 13.5. The van der Waals surface area contributed by atoms with Gasteiger partial charge >= 0.3 is 0 Å². The van der Waals surface area contributed by atoms with Gasteiger partial charge in [-0.15, -0.1) is 0 Å². The highest BCUT2D eigenvalue weighted by atomic mass is 16.6. The minimum atomic E-state index is -0.370. The van der Waals surface area contributed by atoms with Crippen molar-refractivity contribution in [3.63, 3.8) is 0 Å². The highest BCUT2D eigenvalue weighted by Crippen LogP contribution is 2.26. The number of benzene rings is 1. The molecule has 0 aliphatic carbocycles. The summed E-state index contributed by atoms with van der Waals surface area (Å²) in [6, 6.07) is 6.91. The first kappa shape index (κ1) is 16.9. The summed E-state index contributed by atoms with van der Waals surface area (Å²) in [7, 11) is 4.23.